The van der Waals surface area contributed by atoms with E-state index in [1.54, 1.807) is 29.2 Å². The first-order valence-corrected chi connectivity index (χ1v) is 10.6. The smallest absolute Gasteiger partial charge is 0.272 e. The summed E-state index contributed by atoms with van der Waals surface area (Å²) in [6, 6.07) is 12.8. The van der Waals surface area contributed by atoms with Crippen molar-refractivity contribution in [3.63, 3.8) is 0 Å². The number of amides is 1. The van der Waals surface area contributed by atoms with Crippen molar-refractivity contribution in [2.24, 2.45) is 0 Å². The lowest BCUT2D eigenvalue weighted by molar-refractivity contribution is 0.0767. The van der Waals surface area contributed by atoms with Crippen LogP contribution in [-0.2, 0) is 0 Å². The second-order valence-electron chi connectivity index (χ2n) is 7.25. The van der Waals surface area contributed by atoms with Crippen LogP contribution in [0.15, 0.2) is 84.3 Å². The number of hydrogen-bond donors (Lipinski definition) is 1. The molecule has 2 heterocycles. The molecule has 0 fully saturated rings. The molecule has 0 saturated carbocycles. The maximum atomic E-state index is 13.1. The maximum Gasteiger partial charge on any atom is 0.272 e. The topological polar surface area (TPSA) is 67.2 Å². The van der Waals surface area contributed by atoms with Crippen LogP contribution in [0.25, 0.3) is 16.7 Å². The number of rotatable bonds is 8. The Morgan fingerprint density at radius 2 is 1.88 bits per heavy atom. The molecule has 6 heteroatoms. The second-order valence-corrected chi connectivity index (χ2v) is 7.25. The van der Waals surface area contributed by atoms with Crippen molar-refractivity contribution >= 4 is 22.8 Å². The Labute approximate surface area is 189 Å². The zero-order chi connectivity index (χ0) is 23.3. The number of benzene rings is 1. The van der Waals surface area contributed by atoms with Crippen LogP contribution in [0.3, 0.4) is 0 Å². The summed E-state index contributed by atoms with van der Waals surface area (Å²) in [6.07, 6.45) is 5.04. The second kappa shape index (κ2) is 9.92. The van der Waals surface area contributed by atoms with E-state index in [1.165, 1.54) is 6.07 Å². The monoisotopic (exact) mass is 430 g/mol. The Morgan fingerprint density at radius 3 is 2.47 bits per heavy atom. The van der Waals surface area contributed by atoms with Gasteiger partial charge >= 0.3 is 0 Å². The molecule has 1 N–H and O–H groups in total. The van der Waals surface area contributed by atoms with Gasteiger partial charge in [0.1, 0.15) is 11.5 Å². The van der Waals surface area contributed by atoms with Crippen LogP contribution >= 0.6 is 0 Å². The SMILES string of the molecule is C=C/C=C(\C=C)Nc1cc(=O)c2c(C)cc(C(=O)N(CC)CC)nc2n1-c1ccccc1.[HH]. The van der Waals surface area contributed by atoms with E-state index in [4.69, 9.17) is 4.98 Å². The average Bonchev–Trinajstić information content (AvgIpc) is 2.79. The fraction of sp³-hybridized carbons (Fsp3) is 0.192. The Kier molecular flexibility index (Phi) is 7.05. The molecule has 32 heavy (non-hydrogen) atoms. The summed E-state index contributed by atoms with van der Waals surface area (Å²) in [5.41, 5.74) is 2.74. The number of allylic oxidation sites excluding steroid dienone is 3. The minimum Gasteiger partial charge on any atom is -0.341 e. The van der Waals surface area contributed by atoms with E-state index in [0.29, 0.717) is 46.9 Å². The molecule has 6 nitrogen and oxygen atoms in total. The predicted octanol–water partition coefficient (Wildman–Crippen LogP) is 5.09. The van der Waals surface area contributed by atoms with Crippen molar-refractivity contribution in [3.05, 3.63) is 101 Å². The van der Waals surface area contributed by atoms with Crippen molar-refractivity contribution in [1.82, 2.24) is 14.5 Å². The molecule has 0 aliphatic rings. The molecule has 166 valence electrons. The van der Waals surface area contributed by atoms with Crippen molar-refractivity contribution in [3.8, 4) is 5.69 Å². The molecule has 1 aromatic carbocycles. The van der Waals surface area contributed by atoms with Gasteiger partial charge in [-0.15, -0.1) is 0 Å². The van der Waals surface area contributed by atoms with Crippen LogP contribution in [-0.4, -0.2) is 33.4 Å². The first-order valence-electron chi connectivity index (χ1n) is 10.6. The van der Waals surface area contributed by atoms with Crippen LogP contribution in [0, 0.1) is 6.92 Å². The zero-order valence-electron chi connectivity index (χ0n) is 18.8. The molecule has 0 aliphatic carbocycles. The van der Waals surface area contributed by atoms with Crippen molar-refractivity contribution in [2.75, 3.05) is 18.4 Å². The summed E-state index contributed by atoms with van der Waals surface area (Å²) >= 11 is 0. The van der Waals surface area contributed by atoms with Crippen LogP contribution < -0.4 is 10.7 Å². The molecule has 0 unspecified atom stereocenters. The number of para-hydroxylation sites is 1. The highest BCUT2D eigenvalue weighted by molar-refractivity contribution is 5.96. The molecule has 0 spiro atoms. The number of pyridine rings is 2. The van der Waals surface area contributed by atoms with Gasteiger partial charge in [-0.1, -0.05) is 37.4 Å². The summed E-state index contributed by atoms with van der Waals surface area (Å²) in [5, 5.41) is 3.72. The third-order valence-electron chi connectivity index (χ3n) is 5.24. The van der Waals surface area contributed by atoms with Crippen LogP contribution in [0.1, 0.15) is 31.3 Å². The number of carbonyl (C=O) groups is 1. The number of anilines is 1. The van der Waals surface area contributed by atoms with E-state index in [0.717, 1.165) is 5.69 Å². The summed E-state index contributed by atoms with van der Waals surface area (Å²) < 4.78 is 1.85. The molecular weight excluding hydrogens is 400 g/mol. The Morgan fingerprint density at radius 1 is 1.19 bits per heavy atom. The molecule has 0 saturated heterocycles. The number of nitrogens with zero attached hydrogens (tertiary/aromatic N) is 3. The van der Waals surface area contributed by atoms with Crippen LogP contribution in [0.2, 0.25) is 0 Å². The van der Waals surface area contributed by atoms with E-state index in [2.05, 4.69) is 18.5 Å². The highest BCUT2D eigenvalue weighted by Gasteiger charge is 2.20. The fourth-order valence-corrected chi connectivity index (χ4v) is 3.65. The summed E-state index contributed by atoms with van der Waals surface area (Å²) in [6.45, 7) is 14.4. The van der Waals surface area contributed by atoms with Gasteiger partial charge in [-0.3, -0.25) is 14.2 Å². The Balaban J connectivity index is 0.00000385. The summed E-state index contributed by atoms with van der Waals surface area (Å²) in [7, 11) is 0. The first kappa shape index (κ1) is 22.7. The zero-order valence-corrected chi connectivity index (χ0v) is 18.8. The van der Waals surface area contributed by atoms with Gasteiger partial charge in [0.2, 0.25) is 0 Å². The third kappa shape index (κ3) is 4.39. The fourth-order valence-electron chi connectivity index (χ4n) is 3.65. The molecule has 1 amide bonds. The first-order chi connectivity index (χ1) is 15.4. The lowest BCUT2D eigenvalue weighted by atomic mass is 10.1. The van der Waals surface area contributed by atoms with Gasteiger partial charge < -0.3 is 10.2 Å². The Hall–Kier alpha value is -3.93. The van der Waals surface area contributed by atoms with Crippen LogP contribution in [0.5, 0.6) is 0 Å². The standard InChI is InChI=1S/C26H28N4O2.H2/c1-6-13-19(7-2)27-23-17-22(31)24-18(5)16-21(26(32)29(8-3)9-4)28-25(24)30(23)20-14-11-10-12-15-20;/h6-7,10-17,27H,1-2,8-9H2,3-5H3;1H/b19-13+;. The minimum absolute atomic E-state index is 0. The van der Waals surface area contributed by atoms with Gasteiger partial charge in [0.25, 0.3) is 5.91 Å². The van der Waals surface area contributed by atoms with E-state index in [1.807, 2.05) is 55.7 Å². The highest BCUT2D eigenvalue weighted by atomic mass is 16.2. The van der Waals surface area contributed by atoms with E-state index in [-0.39, 0.29) is 12.8 Å². The van der Waals surface area contributed by atoms with Gasteiger partial charge in [0.05, 0.1) is 5.39 Å². The predicted molar refractivity (Wildman–Crippen MR) is 134 cm³/mol. The van der Waals surface area contributed by atoms with Gasteiger partial charge in [0.15, 0.2) is 11.1 Å². The number of fused-ring (bicyclic) bond motifs is 1. The number of carbonyl (C=O) groups excluding carboxylic acids is 1. The molecule has 0 radical (unpaired) electrons. The maximum absolute atomic E-state index is 13.1. The van der Waals surface area contributed by atoms with E-state index < -0.39 is 0 Å². The molecule has 3 rings (SSSR count). The Bertz CT molecular complexity index is 1260. The van der Waals surface area contributed by atoms with Crippen molar-refractivity contribution in [1.29, 1.82) is 0 Å². The van der Waals surface area contributed by atoms with E-state index in [9.17, 15) is 9.59 Å². The van der Waals surface area contributed by atoms with Crippen molar-refractivity contribution < 1.29 is 6.22 Å². The molecule has 0 atom stereocenters. The quantitative estimate of drug-likeness (QED) is 0.506. The molecule has 0 bridgehead atoms. The van der Waals surface area contributed by atoms with Gasteiger partial charge in [-0.05, 0) is 56.7 Å². The molecule has 2 aromatic heterocycles. The molecule has 0 aliphatic heterocycles. The largest absolute Gasteiger partial charge is 0.341 e. The number of hydrogen-bond acceptors (Lipinski definition) is 4. The number of nitrogens with one attached hydrogen (secondary N) is 1. The number of aryl methyl sites for hydroxylation is 1. The van der Waals surface area contributed by atoms with E-state index >= 15 is 0 Å². The normalized spacial score (nSPS) is 11.3. The van der Waals surface area contributed by atoms with Gasteiger partial charge in [-0.25, -0.2) is 4.98 Å². The molecule has 3 aromatic rings. The highest BCUT2D eigenvalue weighted by Crippen LogP contribution is 2.25. The third-order valence-corrected chi connectivity index (χ3v) is 5.24. The summed E-state index contributed by atoms with van der Waals surface area (Å²) in [5.74, 6) is 0.352. The lowest BCUT2D eigenvalue weighted by Gasteiger charge is -2.21. The average molecular weight is 431 g/mol. The minimum atomic E-state index is -0.177. The van der Waals surface area contributed by atoms with Gasteiger partial charge in [0, 0.05) is 32.0 Å². The van der Waals surface area contributed by atoms with Gasteiger partial charge in [-0.2, -0.15) is 0 Å². The summed E-state index contributed by atoms with van der Waals surface area (Å²) in [4.78, 5) is 32.6. The van der Waals surface area contributed by atoms with Crippen molar-refractivity contribution in [2.45, 2.75) is 20.8 Å². The number of aromatic nitrogens is 2. The van der Waals surface area contributed by atoms with Crippen LogP contribution in [0.4, 0.5) is 5.82 Å². The lowest BCUT2D eigenvalue weighted by Crippen LogP contribution is -2.31. The molecular formula is C26H30N4O2.